The van der Waals surface area contributed by atoms with Crippen LogP contribution in [0.5, 0.6) is 0 Å². The lowest BCUT2D eigenvalue weighted by atomic mass is 10.1. The molecular formula is C12H16BrF2N. The standard InChI is InChI=1S/C12H16BrF2N/c1-11(2,3)16-8-12(14,15)9-6-4-5-7-10(9)13/h4-7,16H,8H2,1-3H3. The highest BCUT2D eigenvalue weighted by atomic mass is 79.9. The van der Waals surface area contributed by atoms with Crippen LogP contribution >= 0.6 is 15.9 Å². The number of benzene rings is 1. The van der Waals surface area contributed by atoms with Crippen LogP contribution in [0.15, 0.2) is 28.7 Å². The summed E-state index contributed by atoms with van der Waals surface area (Å²) in [5.41, 5.74) is -0.295. The van der Waals surface area contributed by atoms with Crippen molar-refractivity contribution in [1.82, 2.24) is 5.32 Å². The van der Waals surface area contributed by atoms with Crippen molar-refractivity contribution in [1.29, 1.82) is 0 Å². The maximum Gasteiger partial charge on any atom is 0.286 e. The molecule has 0 atom stereocenters. The highest BCUT2D eigenvalue weighted by Crippen LogP contribution is 2.33. The van der Waals surface area contributed by atoms with E-state index in [1.165, 1.54) is 6.07 Å². The fourth-order valence-corrected chi connectivity index (χ4v) is 1.80. The molecule has 0 spiro atoms. The molecule has 4 heteroatoms. The third kappa shape index (κ3) is 3.83. The van der Waals surface area contributed by atoms with Crippen LogP contribution in [0.3, 0.4) is 0 Å². The summed E-state index contributed by atoms with van der Waals surface area (Å²) in [6.45, 7) is 5.23. The fraction of sp³-hybridized carbons (Fsp3) is 0.500. The number of nitrogens with one attached hydrogen (secondary N) is 1. The molecule has 0 aliphatic carbocycles. The molecule has 0 fully saturated rings. The normalized spacial score (nSPS) is 12.9. The van der Waals surface area contributed by atoms with Gasteiger partial charge in [0.1, 0.15) is 0 Å². The monoisotopic (exact) mass is 291 g/mol. The van der Waals surface area contributed by atoms with Gasteiger partial charge in [-0.2, -0.15) is 8.78 Å². The molecule has 0 aliphatic rings. The predicted molar refractivity (Wildman–Crippen MR) is 65.8 cm³/mol. The Kier molecular flexibility index (Phi) is 4.07. The molecule has 0 unspecified atom stereocenters. The Morgan fingerprint density at radius 2 is 1.75 bits per heavy atom. The molecule has 0 radical (unpaired) electrons. The molecule has 1 nitrogen and oxygen atoms in total. The molecule has 90 valence electrons. The van der Waals surface area contributed by atoms with Crippen LogP contribution < -0.4 is 5.32 Å². The first-order valence-corrected chi connectivity index (χ1v) is 5.89. The molecule has 1 aromatic rings. The molecule has 1 N–H and O–H groups in total. The van der Waals surface area contributed by atoms with Gasteiger partial charge in [-0.25, -0.2) is 0 Å². The van der Waals surface area contributed by atoms with E-state index in [2.05, 4.69) is 21.2 Å². The van der Waals surface area contributed by atoms with Crippen molar-refractivity contribution < 1.29 is 8.78 Å². The SMILES string of the molecule is CC(C)(C)NCC(F)(F)c1ccccc1Br. The minimum Gasteiger partial charge on any atom is -0.306 e. The van der Waals surface area contributed by atoms with Gasteiger partial charge in [0.15, 0.2) is 0 Å². The summed E-state index contributed by atoms with van der Waals surface area (Å²) in [5, 5.41) is 2.82. The van der Waals surface area contributed by atoms with Gasteiger partial charge in [0.05, 0.1) is 6.54 Å². The van der Waals surface area contributed by atoms with Crippen molar-refractivity contribution in [3.8, 4) is 0 Å². The second-order valence-electron chi connectivity index (χ2n) is 4.79. The molecule has 0 aliphatic heterocycles. The average Bonchev–Trinajstić information content (AvgIpc) is 2.14. The summed E-state index contributed by atoms with van der Waals surface area (Å²) < 4.78 is 28.1. The molecule has 0 saturated heterocycles. The van der Waals surface area contributed by atoms with Gasteiger partial charge in [-0.1, -0.05) is 34.1 Å². The van der Waals surface area contributed by atoms with Crippen molar-refractivity contribution in [2.75, 3.05) is 6.54 Å². The lowest BCUT2D eigenvalue weighted by Crippen LogP contribution is -2.42. The van der Waals surface area contributed by atoms with E-state index in [1.807, 2.05) is 20.8 Å². The minimum atomic E-state index is -2.87. The fourth-order valence-electron chi connectivity index (χ4n) is 1.23. The van der Waals surface area contributed by atoms with Crippen LogP contribution in [0.25, 0.3) is 0 Å². The first-order valence-electron chi connectivity index (χ1n) is 5.10. The lowest BCUT2D eigenvalue weighted by molar-refractivity contribution is -0.00931. The number of rotatable bonds is 3. The highest BCUT2D eigenvalue weighted by molar-refractivity contribution is 9.10. The first kappa shape index (κ1) is 13.6. The Hall–Kier alpha value is -0.480. The Labute approximate surface area is 103 Å². The summed E-state index contributed by atoms with van der Waals surface area (Å²) in [6.07, 6.45) is 0. The van der Waals surface area contributed by atoms with Gasteiger partial charge >= 0.3 is 0 Å². The van der Waals surface area contributed by atoms with E-state index in [0.717, 1.165) is 0 Å². The topological polar surface area (TPSA) is 12.0 Å². The van der Waals surface area contributed by atoms with Crippen molar-refractivity contribution in [2.24, 2.45) is 0 Å². The molecule has 0 heterocycles. The molecule has 16 heavy (non-hydrogen) atoms. The summed E-state index contributed by atoms with van der Waals surface area (Å²) in [5.74, 6) is -2.87. The van der Waals surface area contributed by atoms with Gasteiger partial charge in [0.2, 0.25) is 0 Å². The summed E-state index contributed by atoms with van der Waals surface area (Å²) in [6, 6.07) is 6.40. The van der Waals surface area contributed by atoms with Crippen LogP contribution in [0, 0.1) is 0 Å². The minimum absolute atomic E-state index is 0.0201. The van der Waals surface area contributed by atoms with Crippen LogP contribution in [-0.2, 0) is 5.92 Å². The van der Waals surface area contributed by atoms with E-state index in [4.69, 9.17) is 0 Å². The third-order valence-corrected chi connectivity index (χ3v) is 2.80. The van der Waals surface area contributed by atoms with Crippen LogP contribution in [0.4, 0.5) is 8.78 Å². The predicted octanol–water partition coefficient (Wildman–Crippen LogP) is 3.93. The van der Waals surface area contributed by atoms with Crippen LogP contribution in [-0.4, -0.2) is 12.1 Å². The van der Waals surface area contributed by atoms with E-state index in [-0.39, 0.29) is 17.6 Å². The van der Waals surface area contributed by atoms with Crippen molar-refractivity contribution >= 4 is 15.9 Å². The Morgan fingerprint density at radius 3 is 2.25 bits per heavy atom. The zero-order valence-corrected chi connectivity index (χ0v) is 11.2. The molecule has 0 bridgehead atoms. The number of halogens is 3. The maximum atomic E-state index is 13.9. The highest BCUT2D eigenvalue weighted by Gasteiger charge is 2.34. The van der Waals surface area contributed by atoms with Gasteiger partial charge in [-0.15, -0.1) is 0 Å². The summed E-state index contributed by atoms with van der Waals surface area (Å²) >= 11 is 3.14. The van der Waals surface area contributed by atoms with Crippen LogP contribution in [0.2, 0.25) is 0 Å². The maximum absolute atomic E-state index is 13.9. The second-order valence-corrected chi connectivity index (χ2v) is 5.64. The van der Waals surface area contributed by atoms with Crippen molar-refractivity contribution in [3.05, 3.63) is 34.3 Å². The molecule has 0 amide bonds. The van der Waals surface area contributed by atoms with Gasteiger partial charge in [-0.3, -0.25) is 0 Å². The van der Waals surface area contributed by atoms with E-state index in [9.17, 15) is 8.78 Å². The van der Waals surface area contributed by atoms with E-state index in [1.54, 1.807) is 18.2 Å². The van der Waals surface area contributed by atoms with Gasteiger partial charge in [0, 0.05) is 15.6 Å². The van der Waals surface area contributed by atoms with E-state index >= 15 is 0 Å². The van der Waals surface area contributed by atoms with Crippen molar-refractivity contribution in [3.63, 3.8) is 0 Å². The number of hydrogen-bond acceptors (Lipinski definition) is 1. The summed E-state index contributed by atoms with van der Waals surface area (Å²) in [4.78, 5) is 0. The molecule has 0 saturated carbocycles. The van der Waals surface area contributed by atoms with Gasteiger partial charge < -0.3 is 5.32 Å². The molecule has 1 rings (SSSR count). The largest absolute Gasteiger partial charge is 0.306 e. The Bertz CT molecular complexity index is 358. The first-order chi connectivity index (χ1) is 7.22. The molecule has 0 aromatic heterocycles. The lowest BCUT2D eigenvalue weighted by Gasteiger charge is -2.25. The van der Waals surface area contributed by atoms with E-state index < -0.39 is 5.92 Å². The second kappa shape index (κ2) is 4.80. The quantitative estimate of drug-likeness (QED) is 0.890. The number of hydrogen-bond donors (Lipinski definition) is 1. The molecular weight excluding hydrogens is 276 g/mol. The average molecular weight is 292 g/mol. The summed E-state index contributed by atoms with van der Waals surface area (Å²) in [7, 11) is 0. The van der Waals surface area contributed by atoms with E-state index in [0.29, 0.717) is 4.47 Å². The van der Waals surface area contributed by atoms with Gasteiger partial charge in [-0.05, 0) is 26.8 Å². The number of alkyl halides is 2. The third-order valence-electron chi connectivity index (χ3n) is 2.11. The Morgan fingerprint density at radius 1 is 1.19 bits per heavy atom. The van der Waals surface area contributed by atoms with Gasteiger partial charge in [0.25, 0.3) is 5.92 Å². The Balaban J connectivity index is 2.82. The zero-order chi connectivity index (χ0) is 12.4. The van der Waals surface area contributed by atoms with Crippen molar-refractivity contribution in [2.45, 2.75) is 32.2 Å². The zero-order valence-electron chi connectivity index (χ0n) is 9.65. The molecule has 1 aromatic carbocycles. The smallest absolute Gasteiger partial charge is 0.286 e. The van der Waals surface area contributed by atoms with Crippen LogP contribution in [0.1, 0.15) is 26.3 Å².